The molecular weight excluding hydrogens is 442 g/mol. The minimum Gasteiger partial charge on any atom is -0.462 e. The molecule has 6 aliphatic rings. The molecule has 0 radical (unpaired) electrons. The zero-order valence-electron chi connectivity index (χ0n) is 20.1. The fourth-order valence-electron chi connectivity index (χ4n) is 10.4. The number of likely N-dealkylation sites (tertiary alicyclic amines) is 1. The van der Waals surface area contributed by atoms with Crippen molar-refractivity contribution in [1.82, 2.24) is 4.90 Å². The summed E-state index contributed by atoms with van der Waals surface area (Å²) < 4.78 is 12.2. The van der Waals surface area contributed by atoms with E-state index in [2.05, 4.69) is 25.3 Å². The van der Waals surface area contributed by atoms with Crippen LogP contribution < -0.4 is 0 Å². The molecule has 182 valence electrons. The van der Waals surface area contributed by atoms with Crippen molar-refractivity contribution < 1.29 is 23.9 Å². The van der Waals surface area contributed by atoms with Crippen molar-refractivity contribution in [2.75, 3.05) is 13.1 Å². The van der Waals surface area contributed by atoms with Crippen molar-refractivity contribution in [1.29, 1.82) is 0 Å². The number of carbonyl (C=O) groups is 3. The maximum Gasteiger partial charge on any atom is 0.303 e. The first-order chi connectivity index (χ1) is 15.1. The molecule has 10 atom stereocenters. The van der Waals surface area contributed by atoms with E-state index < -0.39 is 6.10 Å². The summed E-state index contributed by atoms with van der Waals surface area (Å²) in [6, 6.07) is 0.260. The Kier molecular flexibility index (Phi) is 5.00. The second-order valence-electron chi connectivity index (χ2n) is 11.8. The molecule has 0 unspecified atom stereocenters. The highest BCUT2D eigenvalue weighted by Crippen LogP contribution is 2.83. The van der Waals surface area contributed by atoms with Gasteiger partial charge >= 0.3 is 11.9 Å². The largest absolute Gasteiger partial charge is 0.462 e. The molecule has 7 heteroatoms. The van der Waals surface area contributed by atoms with Gasteiger partial charge in [0.2, 0.25) is 0 Å². The van der Waals surface area contributed by atoms with Gasteiger partial charge in [0.05, 0.1) is 0 Å². The van der Waals surface area contributed by atoms with Gasteiger partial charge in [-0.25, -0.2) is 0 Å². The lowest BCUT2D eigenvalue weighted by molar-refractivity contribution is -0.224. The molecule has 0 aromatic rings. The second kappa shape index (κ2) is 7.07. The number of halogens is 1. The second-order valence-corrected chi connectivity index (χ2v) is 11.8. The molecule has 6 fully saturated rings. The summed E-state index contributed by atoms with van der Waals surface area (Å²) in [4.78, 5) is 40.5. The molecule has 5 aliphatic carbocycles. The summed E-state index contributed by atoms with van der Waals surface area (Å²) in [5.74, 6) is 0.322. The third kappa shape index (κ3) is 2.47. The number of hydrogen-bond donors (Lipinski definition) is 0. The molecule has 2 spiro atoms. The van der Waals surface area contributed by atoms with E-state index in [1.54, 1.807) is 0 Å². The van der Waals surface area contributed by atoms with Crippen molar-refractivity contribution >= 4 is 30.1 Å². The van der Waals surface area contributed by atoms with Gasteiger partial charge in [0.1, 0.15) is 18.0 Å². The monoisotopic (exact) mass is 477 g/mol. The van der Waals surface area contributed by atoms with Crippen LogP contribution in [-0.2, 0) is 23.9 Å². The highest BCUT2D eigenvalue weighted by Gasteiger charge is 2.86. The minimum absolute atomic E-state index is 0. The number of nitrogens with zero attached hydrogens (tertiary/aromatic N) is 1. The van der Waals surface area contributed by atoms with E-state index >= 15 is 0 Å². The average molecular weight is 478 g/mol. The summed E-state index contributed by atoms with van der Waals surface area (Å²) >= 11 is 0. The van der Waals surface area contributed by atoms with E-state index in [1.807, 2.05) is 0 Å². The lowest BCUT2D eigenvalue weighted by Gasteiger charge is -2.65. The average Bonchev–Trinajstić information content (AvgIpc) is 3.24. The molecule has 7 bridgehead atoms. The molecule has 6 rings (SSSR count). The SMILES string of the molecule is C=C1[C@@H]2C[C@@]3([C@@H]1OC(C)=O)[C@@H](CC2=O)[C@@]12[C@@H](OC(C)=O)CC[C@@]4(C)CN(CC)[C@@H]1[C@@H]3C[C@H]42.Cl. The molecule has 5 saturated carbocycles. The van der Waals surface area contributed by atoms with Gasteiger partial charge in [-0.1, -0.05) is 20.4 Å². The van der Waals surface area contributed by atoms with Crippen molar-refractivity contribution in [3.63, 3.8) is 0 Å². The Morgan fingerprint density at radius 1 is 1.18 bits per heavy atom. The minimum atomic E-state index is -0.405. The van der Waals surface area contributed by atoms with Crippen LogP contribution in [-0.4, -0.2) is 54.0 Å². The van der Waals surface area contributed by atoms with Gasteiger partial charge in [-0.05, 0) is 61.0 Å². The van der Waals surface area contributed by atoms with E-state index in [9.17, 15) is 14.4 Å². The predicted octanol–water partition coefficient (Wildman–Crippen LogP) is 3.56. The van der Waals surface area contributed by atoms with Crippen LogP contribution in [0.4, 0.5) is 0 Å². The zero-order chi connectivity index (χ0) is 22.8. The van der Waals surface area contributed by atoms with Crippen molar-refractivity contribution in [3.8, 4) is 0 Å². The maximum absolute atomic E-state index is 13.4. The third-order valence-corrected chi connectivity index (χ3v) is 10.9. The molecule has 6 nitrogen and oxygen atoms in total. The summed E-state index contributed by atoms with van der Waals surface area (Å²) in [5, 5.41) is 0. The van der Waals surface area contributed by atoms with Gasteiger partial charge in [-0.2, -0.15) is 0 Å². The number of esters is 2. The fourth-order valence-corrected chi connectivity index (χ4v) is 10.4. The molecule has 1 heterocycles. The Hall–Kier alpha value is -1.40. The Bertz CT molecular complexity index is 951. The number of piperidine rings is 1. The van der Waals surface area contributed by atoms with E-state index in [4.69, 9.17) is 9.47 Å². The van der Waals surface area contributed by atoms with Crippen LogP contribution in [0.15, 0.2) is 12.2 Å². The van der Waals surface area contributed by atoms with Gasteiger partial charge in [0.15, 0.2) is 0 Å². The zero-order valence-corrected chi connectivity index (χ0v) is 20.9. The maximum atomic E-state index is 13.4. The van der Waals surface area contributed by atoms with Crippen LogP contribution in [0.1, 0.15) is 59.8 Å². The first-order valence-electron chi connectivity index (χ1n) is 12.4. The number of ether oxygens (including phenoxy) is 2. The molecule has 0 N–H and O–H groups in total. The van der Waals surface area contributed by atoms with Crippen LogP contribution in [0.2, 0.25) is 0 Å². The molecule has 0 amide bonds. The van der Waals surface area contributed by atoms with Crippen LogP contribution in [0.3, 0.4) is 0 Å². The summed E-state index contributed by atoms with van der Waals surface area (Å²) in [6.07, 6.45) is 3.62. The summed E-state index contributed by atoms with van der Waals surface area (Å²) in [6.45, 7) is 13.9. The Labute approximate surface area is 202 Å². The van der Waals surface area contributed by atoms with Gasteiger partial charge < -0.3 is 9.47 Å². The number of rotatable bonds is 3. The van der Waals surface area contributed by atoms with Crippen LogP contribution >= 0.6 is 12.4 Å². The summed E-state index contributed by atoms with van der Waals surface area (Å²) in [5.41, 5.74) is 0.446. The van der Waals surface area contributed by atoms with Crippen molar-refractivity contribution in [2.45, 2.75) is 78.0 Å². The van der Waals surface area contributed by atoms with Gasteiger partial charge in [0.25, 0.3) is 0 Å². The third-order valence-electron chi connectivity index (χ3n) is 10.9. The van der Waals surface area contributed by atoms with Gasteiger partial charge in [-0.15, -0.1) is 12.4 Å². The standard InChI is InChI=1S/C26H35NO5.ClH/c1-6-27-12-24(5)8-7-21(31-14(3)28)26-19(24)9-17(22(26)27)25-11-16(18(30)10-20(25)26)13(2)23(25)32-15(4)29;/h16-17,19-23H,2,6-12H2,1,3-5H3;1H/t16-,17-,19+,20+,21-,22+,23+,24-,25-,26-;/m0./s1. The first kappa shape index (κ1) is 23.3. The first-order valence-corrected chi connectivity index (χ1v) is 12.4. The van der Waals surface area contributed by atoms with Gasteiger partial charge in [-0.3, -0.25) is 19.3 Å². The smallest absolute Gasteiger partial charge is 0.303 e. The lowest BCUT2D eigenvalue weighted by Crippen LogP contribution is -2.69. The molecule has 0 aromatic carbocycles. The van der Waals surface area contributed by atoms with E-state index in [0.717, 1.165) is 44.3 Å². The molecular formula is C26H36ClNO5. The van der Waals surface area contributed by atoms with E-state index in [1.165, 1.54) is 13.8 Å². The molecule has 1 aliphatic heterocycles. The van der Waals surface area contributed by atoms with Crippen molar-refractivity contribution in [2.24, 2.45) is 39.9 Å². The number of fused-ring (bicyclic) bond motifs is 1. The number of hydrogen-bond acceptors (Lipinski definition) is 6. The van der Waals surface area contributed by atoms with E-state index in [-0.39, 0.29) is 70.4 Å². The number of Topliss-reactive ketones (excluding diaryl/α,β-unsaturated/α-hetero) is 1. The normalized spacial score (nSPS) is 51.1. The Morgan fingerprint density at radius 2 is 1.88 bits per heavy atom. The Morgan fingerprint density at radius 3 is 2.52 bits per heavy atom. The highest BCUT2D eigenvalue weighted by molar-refractivity contribution is 5.87. The number of ketones is 1. The quantitative estimate of drug-likeness (QED) is 0.457. The van der Waals surface area contributed by atoms with Crippen LogP contribution in [0.25, 0.3) is 0 Å². The van der Waals surface area contributed by atoms with Gasteiger partial charge in [0, 0.05) is 49.6 Å². The van der Waals surface area contributed by atoms with Crippen LogP contribution in [0.5, 0.6) is 0 Å². The van der Waals surface area contributed by atoms with E-state index in [0.29, 0.717) is 18.3 Å². The predicted molar refractivity (Wildman–Crippen MR) is 124 cm³/mol. The van der Waals surface area contributed by atoms with Crippen molar-refractivity contribution in [3.05, 3.63) is 12.2 Å². The van der Waals surface area contributed by atoms with Crippen LogP contribution in [0, 0.1) is 39.9 Å². The molecule has 33 heavy (non-hydrogen) atoms. The Balaban J connectivity index is 0.00000228. The molecule has 1 saturated heterocycles. The highest BCUT2D eigenvalue weighted by atomic mass is 35.5. The summed E-state index contributed by atoms with van der Waals surface area (Å²) in [7, 11) is 0. The molecule has 0 aromatic heterocycles. The fraction of sp³-hybridized carbons (Fsp3) is 0.808. The topological polar surface area (TPSA) is 72.9 Å². The number of carbonyl (C=O) groups excluding carboxylic acids is 3. The lowest BCUT2D eigenvalue weighted by atomic mass is 9.43.